The molecule has 1 aliphatic heterocycles. The lowest BCUT2D eigenvalue weighted by Crippen LogP contribution is -2.42. The SMILES string of the molecule is Cc1cc(C)cc(-c2ccc(CN3CCCC3C(=O)NCc3ccc(F)cc3)cc2)c1. The highest BCUT2D eigenvalue weighted by atomic mass is 19.1. The maximum absolute atomic E-state index is 13.1. The summed E-state index contributed by atoms with van der Waals surface area (Å²) in [6.07, 6.45) is 1.89. The molecule has 1 fully saturated rings. The molecule has 31 heavy (non-hydrogen) atoms. The van der Waals surface area contributed by atoms with Crippen molar-refractivity contribution in [3.8, 4) is 11.1 Å². The van der Waals surface area contributed by atoms with E-state index < -0.39 is 0 Å². The fraction of sp³-hybridized carbons (Fsp3) is 0.296. The van der Waals surface area contributed by atoms with Crippen molar-refractivity contribution in [2.45, 2.75) is 45.8 Å². The number of rotatable bonds is 6. The van der Waals surface area contributed by atoms with Gasteiger partial charge in [0.05, 0.1) is 6.04 Å². The van der Waals surface area contributed by atoms with Gasteiger partial charge in [-0.3, -0.25) is 9.69 Å². The van der Waals surface area contributed by atoms with Gasteiger partial charge in [0.15, 0.2) is 0 Å². The summed E-state index contributed by atoms with van der Waals surface area (Å²) in [5, 5.41) is 3.01. The second-order valence-electron chi connectivity index (χ2n) is 8.55. The van der Waals surface area contributed by atoms with E-state index in [4.69, 9.17) is 0 Å². The molecule has 3 nitrogen and oxygen atoms in total. The van der Waals surface area contributed by atoms with Gasteiger partial charge in [0.1, 0.15) is 5.82 Å². The highest BCUT2D eigenvalue weighted by Crippen LogP contribution is 2.25. The Labute approximate surface area is 183 Å². The third-order valence-electron chi connectivity index (χ3n) is 5.94. The molecule has 160 valence electrons. The van der Waals surface area contributed by atoms with E-state index in [1.807, 2.05) is 0 Å². The van der Waals surface area contributed by atoms with Crippen molar-refractivity contribution in [3.63, 3.8) is 0 Å². The molecule has 1 unspecified atom stereocenters. The number of amides is 1. The van der Waals surface area contributed by atoms with Gasteiger partial charge < -0.3 is 5.32 Å². The van der Waals surface area contributed by atoms with Gasteiger partial charge in [-0.05, 0) is 67.6 Å². The molecule has 0 saturated carbocycles. The van der Waals surface area contributed by atoms with Gasteiger partial charge in [0.2, 0.25) is 5.91 Å². The molecule has 0 radical (unpaired) electrons. The number of likely N-dealkylation sites (tertiary alicyclic amines) is 1. The minimum atomic E-state index is -0.263. The Bertz CT molecular complexity index is 1020. The van der Waals surface area contributed by atoms with Gasteiger partial charge >= 0.3 is 0 Å². The number of carbonyl (C=O) groups excluding carboxylic acids is 1. The molecule has 0 spiro atoms. The topological polar surface area (TPSA) is 32.3 Å². The first-order valence-corrected chi connectivity index (χ1v) is 10.9. The summed E-state index contributed by atoms with van der Waals surface area (Å²) in [6.45, 7) is 6.36. The molecule has 1 aliphatic rings. The van der Waals surface area contributed by atoms with E-state index in [9.17, 15) is 9.18 Å². The molecule has 0 aromatic heterocycles. The van der Waals surface area contributed by atoms with Crippen LogP contribution in [-0.4, -0.2) is 23.4 Å². The van der Waals surface area contributed by atoms with Crippen LogP contribution in [0.15, 0.2) is 66.7 Å². The first-order valence-electron chi connectivity index (χ1n) is 10.9. The van der Waals surface area contributed by atoms with Gasteiger partial charge in [-0.25, -0.2) is 4.39 Å². The first kappa shape index (κ1) is 21.3. The number of benzene rings is 3. The van der Waals surface area contributed by atoms with Crippen LogP contribution in [0.4, 0.5) is 4.39 Å². The maximum Gasteiger partial charge on any atom is 0.237 e. The van der Waals surface area contributed by atoms with Gasteiger partial charge in [0.25, 0.3) is 0 Å². The van der Waals surface area contributed by atoms with E-state index in [-0.39, 0.29) is 17.8 Å². The van der Waals surface area contributed by atoms with Crippen LogP contribution in [-0.2, 0) is 17.9 Å². The largest absolute Gasteiger partial charge is 0.351 e. The highest BCUT2D eigenvalue weighted by molar-refractivity contribution is 5.82. The molecule has 3 aromatic carbocycles. The highest BCUT2D eigenvalue weighted by Gasteiger charge is 2.30. The second-order valence-corrected chi connectivity index (χ2v) is 8.55. The van der Waals surface area contributed by atoms with Crippen LogP contribution in [0.3, 0.4) is 0 Å². The summed E-state index contributed by atoms with van der Waals surface area (Å²) < 4.78 is 13.1. The van der Waals surface area contributed by atoms with E-state index in [0.717, 1.165) is 31.5 Å². The van der Waals surface area contributed by atoms with E-state index in [1.165, 1.54) is 39.9 Å². The second kappa shape index (κ2) is 9.44. The Morgan fingerprint density at radius 1 is 0.935 bits per heavy atom. The van der Waals surface area contributed by atoms with E-state index >= 15 is 0 Å². The number of aryl methyl sites for hydroxylation is 2. The Kier molecular flexibility index (Phi) is 6.47. The first-order chi connectivity index (χ1) is 15.0. The van der Waals surface area contributed by atoms with Gasteiger partial charge in [-0.1, -0.05) is 65.7 Å². The smallest absolute Gasteiger partial charge is 0.237 e. The number of halogens is 1. The van der Waals surface area contributed by atoms with Crippen molar-refractivity contribution >= 4 is 5.91 Å². The van der Waals surface area contributed by atoms with Gasteiger partial charge in [-0.15, -0.1) is 0 Å². The van der Waals surface area contributed by atoms with Crippen molar-refractivity contribution in [3.05, 3.63) is 94.8 Å². The predicted octanol–water partition coefficient (Wildman–Crippen LogP) is 5.39. The minimum absolute atomic E-state index is 0.0497. The van der Waals surface area contributed by atoms with Crippen molar-refractivity contribution in [1.29, 1.82) is 0 Å². The normalized spacial score (nSPS) is 16.4. The third-order valence-corrected chi connectivity index (χ3v) is 5.94. The third kappa shape index (κ3) is 5.39. The van der Waals surface area contributed by atoms with Crippen LogP contribution < -0.4 is 5.32 Å². The molecule has 1 heterocycles. The predicted molar refractivity (Wildman–Crippen MR) is 123 cm³/mol. The van der Waals surface area contributed by atoms with Crippen molar-refractivity contribution in [2.75, 3.05) is 6.54 Å². The fourth-order valence-corrected chi connectivity index (χ4v) is 4.40. The van der Waals surface area contributed by atoms with Crippen molar-refractivity contribution < 1.29 is 9.18 Å². The molecule has 0 bridgehead atoms. The lowest BCUT2D eigenvalue weighted by Gasteiger charge is -2.24. The molecule has 3 aromatic rings. The average molecular weight is 417 g/mol. The van der Waals surface area contributed by atoms with Gasteiger partial charge in [-0.2, -0.15) is 0 Å². The Morgan fingerprint density at radius 2 is 1.58 bits per heavy atom. The van der Waals surface area contributed by atoms with Crippen molar-refractivity contribution in [2.24, 2.45) is 0 Å². The summed E-state index contributed by atoms with van der Waals surface area (Å²) >= 11 is 0. The fourth-order valence-electron chi connectivity index (χ4n) is 4.40. The van der Waals surface area contributed by atoms with E-state index in [2.05, 4.69) is 66.5 Å². The summed E-state index contributed by atoms with van der Waals surface area (Å²) in [6, 6.07) is 21.4. The van der Waals surface area contributed by atoms with Gasteiger partial charge in [0, 0.05) is 13.1 Å². The molecular weight excluding hydrogens is 387 g/mol. The summed E-state index contributed by atoms with van der Waals surface area (Å²) in [5.74, 6) is -0.214. The number of hydrogen-bond acceptors (Lipinski definition) is 2. The molecule has 0 aliphatic carbocycles. The molecule has 4 rings (SSSR count). The minimum Gasteiger partial charge on any atom is -0.351 e. The van der Waals surface area contributed by atoms with Crippen LogP contribution in [0.2, 0.25) is 0 Å². The zero-order valence-electron chi connectivity index (χ0n) is 18.2. The monoisotopic (exact) mass is 416 g/mol. The summed E-state index contributed by atoms with van der Waals surface area (Å²) in [5.41, 5.74) is 7.11. The van der Waals surface area contributed by atoms with Crippen LogP contribution in [0.5, 0.6) is 0 Å². The summed E-state index contributed by atoms with van der Waals surface area (Å²) in [4.78, 5) is 15.0. The van der Waals surface area contributed by atoms with Crippen molar-refractivity contribution in [1.82, 2.24) is 10.2 Å². The standard InChI is InChI=1S/C27H29FN2O/c1-19-14-20(2)16-24(15-19)23-9-5-22(6-10-23)18-30-13-3-4-26(30)27(31)29-17-21-7-11-25(28)12-8-21/h5-12,14-16,26H,3-4,13,17-18H2,1-2H3,(H,29,31). The molecular formula is C27H29FN2O. The van der Waals surface area contributed by atoms with E-state index in [0.29, 0.717) is 6.54 Å². The number of carbonyl (C=O) groups is 1. The zero-order valence-corrected chi connectivity index (χ0v) is 18.2. The number of nitrogens with zero attached hydrogens (tertiary/aromatic N) is 1. The van der Waals surface area contributed by atoms with Crippen LogP contribution in [0, 0.1) is 19.7 Å². The Morgan fingerprint density at radius 3 is 2.26 bits per heavy atom. The summed E-state index contributed by atoms with van der Waals surface area (Å²) in [7, 11) is 0. The Hall–Kier alpha value is -2.98. The molecule has 1 amide bonds. The molecule has 4 heteroatoms. The molecule has 1 N–H and O–H groups in total. The van der Waals surface area contributed by atoms with Crippen LogP contribution >= 0.6 is 0 Å². The maximum atomic E-state index is 13.1. The lowest BCUT2D eigenvalue weighted by molar-refractivity contribution is -0.125. The van der Waals surface area contributed by atoms with Crippen LogP contribution in [0.25, 0.3) is 11.1 Å². The zero-order chi connectivity index (χ0) is 21.8. The Balaban J connectivity index is 1.37. The molecule has 1 saturated heterocycles. The number of hydrogen-bond donors (Lipinski definition) is 1. The quantitative estimate of drug-likeness (QED) is 0.584. The number of nitrogens with one attached hydrogen (secondary N) is 1. The van der Waals surface area contributed by atoms with Crippen LogP contribution in [0.1, 0.15) is 35.1 Å². The average Bonchev–Trinajstić information content (AvgIpc) is 3.21. The lowest BCUT2D eigenvalue weighted by atomic mass is 9.99. The van der Waals surface area contributed by atoms with E-state index in [1.54, 1.807) is 12.1 Å². The molecule has 1 atom stereocenters.